The third-order valence-corrected chi connectivity index (χ3v) is 3.99. The third kappa shape index (κ3) is 4.92. The van der Waals surface area contributed by atoms with Crippen LogP contribution in [0.4, 0.5) is 5.82 Å². The van der Waals surface area contributed by atoms with Gasteiger partial charge in [0.1, 0.15) is 11.6 Å². The molecule has 0 aliphatic carbocycles. The van der Waals surface area contributed by atoms with Crippen LogP contribution in [-0.4, -0.2) is 42.1 Å². The molecule has 0 amide bonds. The van der Waals surface area contributed by atoms with E-state index in [9.17, 15) is 0 Å². The van der Waals surface area contributed by atoms with E-state index in [1.807, 2.05) is 6.07 Å². The van der Waals surface area contributed by atoms with E-state index in [1.165, 1.54) is 0 Å². The molecule has 0 fully saturated rings. The molecule has 0 unspecified atom stereocenters. The molecule has 1 N–H and O–H groups in total. The van der Waals surface area contributed by atoms with Gasteiger partial charge in [-0.05, 0) is 44.6 Å². The average molecular weight is 365 g/mol. The van der Waals surface area contributed by atoms with E-state index in [0.717, 1.165) is 52.9 Å². The van der Waals surface area contributed by atoms with Crippen LogP contribution in [0.1, 0.15) is 26.1 Å². The predicted octanol–water partition coefficient (Wildman–Crippen LogP) is 3.95. The minimum absolute atomic E-state index is 0.661. The van der Waals surface area contributed by atoms with Crippen molar-refractivity contribution in [1.29, 1.82) is 0 Å². The summed E-state index contributed by atoms with van der Waals surface area (Å²) in [7, 11) is 4.15. The van der Waals surface area contributed by atoms with Crippen LogP contribution in [0.3, 0.4) is 0 Å². The van der Waals surface area contributed by atoms with Crippen LogP contribution in [0.2, 0.25) is 0 Å². The lowest BCUT2D eigenvalue weighted by Crippen LogP contribution is -2.21. The minimum Gasteiger partial charge on any atom is -0.368 e. The van der Waals surface area contributed by atoms with E-state index in [1.54, 1.807) is 0 Å². The van der Waals surface area contributed by atoms with Crippen LogP contribution < -0.4 is 5.32 Å². The van der Waals surface area contributed by atoms with Crippen molar-refractivity contribution in [1.82, 2.24) is 14.9 Å². The zero-order valence-corrected chi connectivity index (χ0v) is 15.4. The Bertz CT molecular complexity index is 625. The number of fused-ring (bicyclic) bond motifs is 1. The molecule has 22 heavy (non-hydrogen) atoms. The summed E-state index contributed by atoms with van der Waals surface area (Å²) in [4.78, 5) is 11.6. The summed E-state index contributed by atoms with van der Waals surface area (Å²) < 4.78 is 1.05. The molecule has 0 spiro atoms. The Balaban J connectivity index is 2.29. The van der Waals surface area contributed by atoms with Crippen LogP contribution in [0.15, 0.2) is 22.7 Å². The van der Waals surface area contributed by atoms with Gasteiger partial charge >= 0.3 is 0 Å². The van der Waals surface area contributed by atoms with Gasteiger partial charge in [0, 0.05) is 29.4 Å². The van der Waals surface area contributed by atoms with Gasteiger partial charge in [0.25, 0.3) is 0 Å². The molecular formula is C17H25BrN4. The summed E-state index contributed by atoms with van der Waals surface area (Å²) in [6.45, 7) is 6.30. The Kier molecular flexibility index (Phi) is 6.15. The molecule has 0 aliphatic rings. The lowest BCUT2D eigenvalue weighted by Gasteiger charge is -2.14. The summed E-state index contributed by atoms with van der Waals surface area (Å²) in [5.41, 5.74) is 1.00. The lowest BCUT2D eigenvalue weighted by molar-refractivity contribution is 0.425. The fourth-order valence-corrected chi connectivity index (χ4v) is 2.57. The molecule has 120 valence electrons. The predicted molar refractivity (Wildman–Crippen MR) is 97.4 cm³/mol. The van der Waals surface area contributed by atoms with Gasteiger partial charge in [0.15, 0.2) is 0 Å². The Morgan fingerprint density at radius 2 is 2.00 bits per heavy atom. The number of halogens is 1. The number of anilines is 1. The number of rotatable bonds is 7. The van der Waals surface area contributed by atoms with E-state index >= 15 is 0 Å². The molecule has 0 aliphatic heterocycles. The van der Waals surface area contributed by atoms with Crippen LogP contribution >= 0.6 is 15.9 Å². The van der Waals surface area contributed by atoms with Crippen molar-refractivity contribution in [2.45, 2.75) is 26.7 Å². The lowest BCUT2D eigenvalue weighted by atomic mass is 10.1. The third-order valence-electron chi connectivity index (χ3n) is 3.50. The molecule has 0 saturated carbocycles. The molecule has 4 nitrogen and oxygen atoms in total. The van der Waals surface area contributed by atoms with Gasteiger partial charge in [-0.15, -0.1) is 0 Å². The molecular weight excluding hydrogens is 340 g/mol. The summed E-state index contributed by atoms with van der Waals surface area (Å²) in [5, 5.41) is 4.53. The second kappa shape index (κ2) is 7.88. The topological polar surface area (TPSA) is 41.1 Å². The number of aromatic nitrogens is 2. The molecule has 2 rings (SSSR count). The maximum atomic E-state index is 4.75. The average Bonchev–Trinajstić information content (AvgIpc) is 2.45. The van der Waals surface area contributed by atoms with E-state index in [-0.39, 0.29) is 0 Å². The van der Waals surface area contributed by atoms with Crippen molar-refractivity contribution < 1.29 is 0 Å². The van der Waals surface area contributed by atoms with Gasteiger partial charge in [-0.2, -0.15) is 0 Å². The van der Waals surface area contributed by atoms with Gasteiger partial charge in [0.2, 0.25) is 0 Å². The first kappa shape index (κ1) is 17.2. The first-order valence-electron chi connectivity index (χ1n) is 7.80. The van der Waals surface area contributed by atoms with E-state index in [4.69, 9.17) is 9.97 Å². The second-order valence-corrected chi connectivity index (χ2v) is 7.23. The molecule has 1 heterocycles. The number of nitrogens with one attached hydrogen (secondary N) is 1. The summed E-state index contributed by atoms with van der Waals surface area (Å²) in [6, 6.07) is 6.17. The normalized spacial score (nSPS) is 11.6. The van der Waals surface area contributed by atoms with Crippen molar-refractivity contribution in [3.05, 3.63) is 28.5 Å². The zero-order valence-electron chi connectivity index (χ0n) is 13.9. The Morgan fingerprint density at radius 3 is 2.68 bits per heavy atom. The summed E-state index contributed by atoms with van der Waals surface area (Å²) >= 11 is 3.53. The number of hydrogen-bond acceptors (Lipinski definition) is 4. The Morgan fingerprint density at radius 1 is 1.23 bits per heavy atom. The number of hydrogen-bond donors (Lipinski definition) is 1. The standard InChI is InChI=1S/C17H25BrN4/c1-12(2)5-8-16-20-15-7-6-13(18)11-14(15)17(21-16)19-9-10-22(3)4/h6-7,11-12H,5,8-10H2,1-4H3,(H,19,20,21). The fraction of sp³-hybridized carbons (Fsp3) is 0.529. The van der Waals surface area contributed by atoms with Crippen LogP contribution in [0, 0.1) is 5.92 Å². The molecule has 1 aromatic heterocycles. The second-order valence-electron chi connectivity index (χ2n) is 6.31. The van der Waals surface area contributed by atoms with Gasteiger partial charge in [-0.3, -0.25) is 0 Å². The van der Waals surface area contributed by atoms with Crippen molar-refractivity contribution >= 4 is 32.7 Å². The molecule has 5 heteroatoms. The van der Waals surface area contributed by atoms with Crippen LogP contribution in [-0.2, 0) is 6.42 Å². The number of benzene rings is 1. The summed E-state index contributed by atoms with van der Waals surface area (Å²) in [6.07, 6.45) is 2.03. The smallest absolute Gasteiger partial charge is 0.137 e. The zero-order chi connectivity index (χ0) is 16.1. The van der Waals surface area contributed by atoms with Gasteiger partial charge in [-0.1, -0.05) is 29.8 Å². The number of nitrogens with zero attached hydrogens (tertiary/aromatic N) is 3. The van der Waals surface area contributed by atoms with Crippen molar-refractivity contribution in [3.63, 3.8) is 0 Å². The van der Waals surface area contributed by atoms with E-state index in [0.29, 0.717) is 5.92 Å². The van der Waals surface area contributed by atoms with Crippen molar-refractivity contribution in [2.75, 3.05) is 32.5 Å². The van der Waals surface area contributed by atoms with Crippen molar-refractivity contribution in [3.8, 4) is 0 Å². The van der Waals surface area contributed by atoms with E-state index in [2.05, 4.69) is 66.2 Å². The highest BCUT2D eigenvalue weighted by atomic mass is 79.9. The van der Waals surface area contributed by atoms with E-state index < -0.39 is 0 Å². The number of likely N-dealkylation sites (N-methyl/N-ethyl adjacent to an activating group) is 1. The van der Waals surface area contributed by atoms with Gasteiger partial charge < -0.3 is 10.2 Å². The molecule has 1 aromatic carbocycles. The first-order chi connectivity index (χ1) is 10.5. The van der Waals surface area contributed by atoms with Crippen LogP contribution in [0.25, 0.3) is 10.9 Å². The largest absolute Gasteiger partial charge is 0.368 e. The minimum atomic E-state index is 0.661. The quantitative estimate of drug-likeness (QED) is 0.807. The fourth-order valence-electron chi connectivity index (χ4n) is 2.21. The maximum Gasteiger partial charge on any atom is 0.137 e. The number of aryl methyl sites for hydroxylation is 1. The monoisotopic (exact) mass is 364 g/mol. The Hall–Kier alpha value is -1.20. The highest BCUT2D eigenvalue weighted by Gasteiger charge is 2.09. The van der Waals surface area contributed by atoms with Gasteiger partial charge in [0.05, 0.1) is 5.52 Å². The SMILES string of the molecule is CC(C)CCc1nc(NCCN(C)C)c2cc(Br)ccc2n1. The molecule has 2 aromatic rings. The Labute approximate surface area is 141 Å². The highest BCUT2D eigenvalue weighted by Crippen LogP contribution is 2.24. The van der Waals surface area contributed by atoms with Crippen molar-refractivity contribution in [2.24, 2.45) is 5.92 Å². The first-order valence-corrected chi connectivity index (χ1v) is 8.60. The maximum absolute atomic E-state index is 4.75. The summed E-state index contributed by atoms with van der Waals surface area (Å²) in [5.74, 6) is 2.53. The van der Waals surface area contributed by atoms with Gasteiger partial charge in [-0.25, -0.2) is 9.97 Å². The molecule has 0 atom stereocenters. The molecule has 0 radical (unpaired) electrons. The van der Waals surface area contributed by atoms with Crippen LogP contribution in [0.5, 0.6) is 0 Å². The molecule has 0 bridgehead atoms. The highest BCUT2D eigenvalue weighted by molar-refractivity contribution is 9.10. The molecule has 0 saturated heterocycles.